The number of aromatic nitrogens is 1. The fraction of sp³-hybridized carbons (Fsp3) is 0.250. The molecule has 1 fully saturated rings. The number of ether oxygens (including phenoxy) is 1. The number of hydrogen-bond donors (Lipinski definition) is 1. The van der Waals surface area contributed by atoms with Crippen LogP contribution in [-0.4, -0.2) is 33.8 Å². The molecular formula is C28H27FN2O4. The third kappa shape index (κ3) is 4.67. The highest BCUT2D eigenvalue weighted by Gasteiger charge is 2.47. The number of halogens is 1. The average molecular weight is 475 g/mol. The fourth-order valence-electron chi connectivity index (χ4n) is 4.18. The Morgan fingerprint density at radius 3 is 2.40 bits per heavy atom. The van der Waals surface area contributed by atoms with E-state index >= 15 is 0 Å². The Labute approximate surface area is 203 Å². The first-order valence-electron chi connectivity index (χ1n) is 11.2. The minimum absolute atomic E-state index is 0.0437. The normalized spacial score (nSPS) is 17.6. The van der Waals surface area contributed by atoms with E-state index in [4.69, 9.17) is 4.74 Å². The minimum Gasteiger partial charge on any atom is -0.507 e. The van der Waals surface area contributed by atoms with E-state index in [-0.39, 0.29) is 23.3 Å². The first kappa shape index (κ1) is 24.1. The topological polar surface area (TPSA) is 79.7 Å². The van der Waals surface area contributed by atoms with E-state index in [1.165, 1.54) is 24.1 Å². The Balaban J connectivity index is 1.90. The van der Waals surface area contributed by atoms with E-state index in [1.807, 2.05) is 26.8 Å². The number of Topliss-reactive ketones (excluding diaryl/α,β-unsaturated/α-hetero) is 1. The van der Waals surface area contributed by atoms with Gasteiger partial charge in [-0.1, -0.05) is 45.0 Å². The maximum atomic E-state index is 13.4. The number of carbonyl (C=O) groups excluding carboxylic acids is 2. The number of ketones is 1. The molecule has 3 aromatic rings. The molecule has 1 saturated heterocycles. The van der Waals surface area contributed by atoms with Crippen molar-refractivity contribution in [3.8, 4) is 5.75 Å². The molecule has 1 amide bonds. The summed E-state index contributed by atoms with van der Waals surface area (Å²) in [6.45, 7) is 6.15. The van der Waals surface area contributed by atoms with E-state index in [1.54, 1.807) is 48.7 Å². The summed E-state index contributed by atoms with van der Waals surface area (Å²) >= 11 is 0. The Morgan fingerprint density at radius 2 is 1.80 bits per heavy atom. The second kappa shape index (κ2) is 9.33. The summed E-state index contributed by atoms with van der Waals surface area (Å²) in [6, 6.07) is 15.4. The first-order valence-corrected chi connectivity index (χ1v) is 11.2. The highest BCUT2D eigenvalue weighted by atomic mass is 19.1. The van der Waals surface area contributed by atoms with Crippen molar-refractivity contribution >= 4 is 17.4 Å². The molecule has 0 aliphatic carbocycles. The molecule has 2 heterocycles. The first-order chi connectivity index (χ1) is 16.6. The van der Waals surface area contributed by atoms with Crippen LogP contribution in [-0.2, 0) is 21.5 Å². The van der Waals surface area contributed by atoms with Gasteiger partial charge in [0.2, 0.25) is 0 Å². The summed E-state index contributed by atoms with van der Waals surface area (Å²) in [5, 5.41) is 11.5. The van der Waals surface area contributed by atoms with Crippen molar-refractivity contribution in [1.82, 2.24) is 9.88 Å². The molecule has 180 valence electrons. The summed E-state index contributed by atoms with van der Waals surface area (Å²) in [4.78, 5) is 32.2. The van der Waals surface area contributed by atoms with Crippen LogP contribution in [0.15, 0.2) is 72.4 Å². The second-order valence-corrected chi connectivity index (χ2v) is 9.47. The van der Waals surface area contributed by atoms with E-state index in [0.717, 1.165) is 5.56 Å². The molecule has 4 rings (SSSR count). The molecule has 7 heteroatoms. The number of benzene rings is 2. The van der Waals surface area contributed by atoms with Gasteiger partial charge in [0.25, 0.3) is 11.7 Å². The molecule has 0 saturated carbocycles. The maximum absolute atomic E-state index is 13.4. The third-order valence-electron chi connectivity index (χ3n) is 6.09. The van der Waals surface area contributed by atoms with Crippen LogP contribution < -0.4 is 4.74 Å². The van der Waals surface area contributed by atoms with E-state index in [9.17, 15) is 19.1 Å². The fourth-order valence-corrected chi connectivity index (χ4v) is 4.18. The molecule has 1 aliphatic heterocycles. The smallest absolute Gasteiger partial charge is 0.296 e. The van der Waals surface area contributed by atoms with Crippen LogP contribution in [0.5, 0.6) is 5.75 Å². The SMILES string of the molecule is COc1ccc(C(C)(C)C)cc1/C(O)=C1\C(=O)C(=O)N(Cc2ccc(F)cc2)C1c1ccccn1. The molecule has 1 N–H and O–H groups in total. The zero-order valence-corrected chi connectivity index (χ0v) is 20.1. The van der Waals surface area contributed by atoms with Crippen LogP contribution in [0.4, 0.5) is 4.39 Å². The lowest BCUT2D eigenvalue weighted by molar-refractivity contribution is -0.140. The average Bonchev–Trinajstić information content (AvgIpc) is 3.09. The number of aliphatic hydroxyl groups is 1. The quantitative estimate of drug-likeness (QED) is 0.314. The summed E-state index contributed by atoms with van der Waals surface area (Å²) in [5.74, 6) is -1.94. The molecule has 0 radical (unpaired) electrons. The molecule has 1 aromatic heterocycles. The Kier molecular flexibility index (Phi) is 6.43. The second-order valence-electron chi connectivity index (χ2n) is 9.47. The van der Waals surface area contributed by atoms with Gasteiger partial charge in [-0.3, -0.25) is 14.6 Å². The Bertz CT molecular complexity index is 1290. The Hall–Kier alpha value is -4.00. The lowest BCUT2D eigenvalue weighted by Gasteiger charge is -2.25. The van der Waals surface area contributed by atoms with Crippen molar-refractivity contribution in [1.29, 1.82) is 0 Å². The number of nitrogens with zero attached hydrogens (tertiary/aromatic N) is 2. The van der Waals surface area contributed by atoms with Crippen LogP contribution in [0.25, 0.3) is 5.76 Å². The minimum atomic E-state index is -0.927. The van der Waals surface area contributed by atoms with Crippen LogP contribution in [0.1, 0.15) is 49.2 Å². The van der Waals surface area contributed by atoms with Crippen LogP contribution >= 0.6 is 0 Å². The van der Waals surface area contributed by atoms with Gasteiger partial charge >= 0.3 is 0 Å². The number of aliphatic hydroxyl groups excluding tert-OH is 1. The van der Waals surface area contributed by atoms with Crippen molar-refractivity contribution in [2.24, 2.45) is 0 Å². The zero-order chi connectivity index (χ0) is 25.3. The molecule has 2 aromatic carbocycles. The van der Waals surface area contributed by atoms with Crippen molar-refractivity contribution < 1.29 is 23.8 Å². The molecule has 1 atom stereocenters. The maximum Gasteiger partial charge on any atom is 0.296 e. The van der Waals surface area contributed by atoms with Gasteiger partial charge in [0.1, 0.15) is 23.4 Å². The lowest BCUT2D eigenvalue weighted by atomic mass is 9.85. The van der Waals surface area contributed by atoms with Gasteiger partial charge in [0.05, 0.1) is 23.9 Å². The molecule has 1 unspecified atom stereocenters. The number of likely N-dealkylation sites (tertiary alicyclic amines) is 1. The number of rotatable bonds is 5. The van der Waals surface area contributed by atoms with Crippen LogP contribution in [0, 0.1) is 5.82 Å². The standard InChI is InChI=1S/C28H27FN2O4/c1-28(2,3)18-10-13-22(35-4)20(15-18)25(32)23-24(21-7-5-6-14-30-21)31(27(34)26(23)33)16-17-8-11-19(29)12-9-17/h5-15,24,32H,16H2,1-4H3/b25-23+. The number of amides is 1. The Morgan fingerprint density at radius 1 is 1.09 bits per heavy atom. The highest BCUT2D eigenvalue weighted by molar-refractivity contribution is 6.46. The monoisotopic (exact) mass is 474 g/mol. The van der Waals surface area contributed by atoms with Gasteiger partial charge in [0.15, 0.2) is 0 Å². The molecular weight excluding hydrogens is 447 g/mol. The zero-order valence-electron chi connectivity index (χ0n) is 20.1. The van der Waals surface area contributed by atoms with Crippen LogP contribution in [0.2, 0.25) is 0 Å². The number of pyridine rings is 1. The molecule has 0 spiro atoms. The molecule has 0 bridgehead atoms. The van der Waals surface area contributed by atoms with Crippen molar-refractivity contribution in [2.45, 2.75) is 38.8 Å². The molecule has 1 aliphatic rings. The van der Waals surface area contributed by atoms with Crippen LogP contribution in [0.3, 0.4) is 0 Å². The van der Waals surface area contributed by atoms with E-state index in [2.05, 4.69) is 4.98 Å². The van der Waals surface area contributed by atoms with Crippen molar-refractivity contribution in [3.63, 3.8) is 0 Å². The summed E-state index contributed by atoms with van der Waals surface area (Å²) in [7, 11) is 1.48. The highest BCUT2D eigenvalue weighted by Crippen LogP contribution is 2.41. The van der Waals surface area contributed by atoms with Crippen molar-refractivity contribution in [2.75, 3.05) is 7.11 Å². The summed E-state index contributed by atoms with van der Waals surface area (Å²) in [6.07, 6.45) is 1.56. The van der Waals surface area contributed by atoms with Gasteiger partial charge in [-0.2, -0.15) is 0 Å². The lowest BCUT2D eigenvalue weighted by Crippen LogP contribution is -2.29. The van der Waals surface area contributed by atoms with Gasteiger partial charge in [0, 0.05) is 12.7 Å². The largest absolute Gasteiger partial charge is 0.507 e. The summed E-state index contributed by atoms with van der Waals surface area (Å²) in [5.41, 5.74) is 2.02. The van der Waals surface area contributed by atoms with Gasteiger partial charge in [-0.05, 0) is 52.9 Å². The van der Waals surface area contributed by atoms with Crippen molar-refractivity contribution in [3.05, 3.63) is 101 Å². The predicted molar refractivity (Wildman–Crippen MR) is 130 cm³/mol. The van der Waals surface area contributed by atoms with E-state index < -0.39 is 23.5 Å². The third-order valence-corrected chi connectivity index (χ3v) is 6.09. The number of methoxy groups -OCH3 is 1. The van der Waals surface area contributed by atoms with Gasteiger partial charge in [-0.15, -0.1) is 0 Å². The van der Waals surface area contributed by atoms with Gasteiger partial charge in [-0.25, -0.2) is 4.39 Å². The summed E-state index contributed by atoms with van der Waals surface area (Å²) < 4.78 is 18.9. The molecule has 6 nitrogen and oxygen atoms in total. The predicted octanol–water partition coefficient (Wildman–Crippen LogP) is 5.15. The molecule has 35 heavy (non-hydrogen) atoms. The van der Waals surface area contributed by atoms with Gasteiger partial charge < -0.3 is 14.7 Å². The number of hydrogen-bond acceptors (Lipinski definition) is 5. The van der Waals surface area contributed by atoms with E-state index in [0.29, 0.717) is 22.6 Å². The number of carbonyl (C=O) groups is 2.